The normalized spacial score (nSPS) is 17.2. The van der Waals surface area contributed by atoms with E-state index in [-0.39, 0.29) is 10.7 Å². The molecule has 0 saturated carbocycles. The van der Waals surface area contributed by atoms with Gasteiger partial charge in [0.1, 0.15) is 5.56 Å². The SMILES string of the molecule is CC1CCN(c2cc(C(=O)O)c(Cl)nn2)CC1. The van der Waals surface area contributed by atoms with Gasteiger partial charge in [0.25, 0.3) is 0 Å². The zero-order chi connectivity index (χ0) is 12.4. The molecule has 0 aliphatic carbocycles. The van der Waals surface area contributed by atoms with Crippen LogP contribution in [0.3, 0.4) is 0 Å². The predicted molar refractivity (Wildman–Crippen MR) is 64.6 cm³/mol. The highest BCUT2D eigenvalue weighted by Crippen LogP contribution is 2.23. The van der Waals surface area contributed by atoms with Crippen LogP contribution in [0.15, 0.2) is 6.07 Å². The van der Waals surface area contributed by atoms with Crippen molar-refractivity contribution in [1.82, 2.24) is 10.2 Å². The molecular formula is C11H14ClN3O2. The maximum atomic E-state index is 10.9. The highest BCUT2D eigenvalue weighted by atomic mass is 35.5. The Morgan fingerprint density at radius 2 is 2.12 bits per heavy atom. The molecule has 1 aliphatic rings. The zero-order valence-electron chi connectivity index (χ0n) is 9.56. The van der Waals surface area contributed by atoms with E-state index >= 15 is 0 Å². The monoisotopic (exact) mass is 255 g/mol. The molecule has 1 saturated heterocycles. The molecule has 0 spiro atoms. The van der Waals surface area contributed by atoms with Crippen molar-refractivity contribution < 1.29 is 9.90 Å². The fourth-order valence-corrected chi connectivity index (χ4v) is 2.08. The second-order valence-electron chi connectivity index (χ2n) is 4.38. The van der Waals surface area contributed by atoms with Gasteiger partial charge in [0.2, 0.25) is 0 Å². The van der Waals surface area contributed by atoms with E-state index in [2.05, 4.69) is 22.0 Å². The molecule has 1 aromatic rings. The minimum absolute atomic E-state index is 0.00953. The second-order valence-corrected chi connectivity index (χ2v) is 4.74. The summed E-state index contributed by atoms with van der Waals surface area (Å²) < 4.78 is 0. The summed E-state index contributed by atoms with van der Waals surface area (Å²) in [7, 11) is 0. The summed E-state index contributed by atoms with van der Waals surface area (Å²) in [5.41, 5.74) is 0.00953. The van der Waals surface area contributed by atoms with Crippen LogP contribution < -0.4 is 4.90 Å². The summed E-state index contributed by atoms with van der Waals surface area (Å²) in [5, 5.41) is 16.5. The Bertz CT molecular complexity index is 431. The van der Waals surface area contributed by atoms with Crippen LogP contribution in [0.2, 0.25) is 5.15 Å². The van der Waals surface area contributed by atoms with Crippen LogP contribution in [0.5, 0.6) is 0 Å². The highest BCUT2D eigenvalue weighted by Gasteiger charge is 2.20. The van der Waals surface area contributed by atoms with Gasteiger partial charge in [0.15, 0.2) is 11.0 Å². The number of hydrogen-bond acceptors (Lipinski definition) is 4. The van der Waals surface area contributed by atoms with Gasteiger partial charge in [0.05, 0.1) is 0 Å². The van der Waals surface area contributed by atoms with E-state index < -0.39 is 5.97 Å². The molecule has 1 N–H and O–H groups in total. The van der Waals surface area contributed by atoms with Crippen molar-refractivity contribution in [3.8, 4) is 0 Å². The molecule has 2 rings (SSSR count). The highest BCUT2D eigenvalue weighted by molar-refractivity contribution is 6.32. The summed E-state index contributed by atoms with van der Waals surface area (Å²) in [4.78, 5) is 13.0. The lowest BCUT2D eigenvalue weighted by Crippen LogP contribution is -2.33. The number of aromatic nitrogens is 2. The molecule has 2 heterocycles. The van der Waals surface area contributed by atoms with Gasteiger partial charge in [-0.15, -0.1) is 10.2 Å². The second kappa shape index (κ2) is 4.87. The first-order valence-electron chi connectivity index (χ1n) is 5.59. The molecule has 0 radical (unpaired) electrons. The molecule has 5 nitrogen and oxygen atoms in total. The Kier molecular flexibility index (Phi) is 3.47. The Balaban J connectivity index is 2.21. The first kappa shape index (κ1) is 12.1. The predicted octanol–water partition coefficient (Wildman–Crippen LogP) is 2.06. The molecular weight excluding hydrogens is 242 g/mol. The summed E-state index contributed by atoms with van der Waals surface area (Å²) in [6.45, 7) is 3.99. The molecule has 0 aromatic carbocycles. The minimum atomic E-state index is -1.07. The van der Waals surface area contributed by atoms with Crippen LogP contribution in [0.1, 0.15) is 30.1 Å². The van der Waals surface area contributed by atoms with Gasteiger partial charge in [-0.1, -0.05) is 18.5 Å². The molecule has 0 unspecified atom stereocenters. The maximum Gasteiger partial charge on any atom is 0.339 e. The van der Waals surface area contributed by atoms with Crippen LogP contribution in [0.4, 0.5) is 5.82 Å². The molecule has 0 amide bonds. The van der Waals surface area contributed by atoms with E-state index in [1.54, 1.807) is 0 Å². The molecule has 17 heavy (non-hydrogen) atoms. The van der Waals surface area contributed by atoms with E-state index in [0.29, 0.717) is 11.7 Å². The number of piperidine rings is 1. The lowest BCUT2D eigenvalue weighted by Gasteiger charge is -2.30. The third-order valence-corrected chi connectivity index (χ3v) is 3.35. The van der Waals surface area contributed by atoms with E-state index in [1.807, 2.05) is 0 Å². The topological polar surface area (TPSA) is 66.3 Å². The maximum absolute atomic E-state index is 10.9. The number of halogens is 1. The summed E-state index contributed by atoms with van der Waals surface area (Å²) in [6, 6.07) is 1.49. The average Bonchev–Trinajstić information content (AvgIpc) is 2.30. The van der Waals surface area contributed by atoms with Crippen molar-refractivity contribution in [2.75, 3.05) is 18.0 Å². The summed E-state index contributed by atoms with van der Waals surface area (Å²) in [5.74, 6) is 0.237. The number of carbonyl (C=O) groups is 1. The molecule has 0 bridgehead atoms. The Hall–Kier alpha value is -1.36. The third-order valence-electron chi connectivity index (χ3n) is 3.07. The van der Waals surface area contributed by atoms with Gasteiger partial charge in [-0.25, -0.2) is 4.79 Å². The number of carboxylic acids is 1. The Morgan fingerprint density at radius 3 is 2.71 bits per heavy atom. The van der Waals surface area contributed by atoms with E-state index in [0.717, 1.165) is 25.9 Å². The third kappa shape index (κ3) is 2.66. The van der Waals surface area contributed by atoms with Gasteiger partial charge >= 0.3 is 5.97 Å². The number of carboxylic acid groups (broad SMARTS) is 1. The smallest absolute Gasteiger partial charge is 0.339 e. The average molecular weight is 256 g/mol. The van der Waals surface area contributed by atoms with Crippen molar-refractivity contribution in [1.29, 1.82) is 0 Å². The fourth-order valence-electron chi connectivity index (χ4n) is 1.91. The molecule has 0 atom stereocenters. The largest absolute Gasteiger partial charge is 0.478 e. The Morgan fingerprint density at radius 1 is 1.47 bits per heavy atom. The molecule has 92 valence electrons. The lowest BCUT2D eigenvalue weighted by molar-refractivity contribution is 0.0696. The van der Waals surface area contributed by atoms with E-state index in [4.69, 9.17) is 16.7 Å². The standard InChI is InChI=1S/C11H14ClN3O2/c1-7-2-4-15(5-3-7)9-6-8(11(16)17)10(12)14-13-9/h6-7H,2-5H2,1H3,(H,16,17). The van der Waals surface area contributed by atoms with Gasteiger partial charge in [0, 0.05) is 19.2 Å². The number of nitrogens with zero attached hydrogens (tertiary/aromatic N) is 3. The zero-order valence-corrected chi connectivity index (χ0v) is 10.3. The van der Waals surface area contributed by atoms with Gasteiger partial charge in [-0.3, -0.25) is 0 Å². The van der Waals surface area contributed by atoms with Gasteiger partial charge < -0.3 is 10.0 Å². The first-order valence-corrected chi connectivity index (χ1v) is 5.97. The number of aromatic carboxylic acids is 1. The van der Waals surface area contributed by atoms with Crippen LogP contribution >= 0.6 is 11.6 Å². The van der Waals surface area contributed by atoms with Crippen molar-refractivity contribution >= 4 is 23.4 Å². The molecule has 1 aromatic heterocycles. The fraction of sp³-hybridized carbons (Fsp3) is 0.545. The number of rotatable bonds is 2. The van der Waals surface area contributed by atoms with Crippen molar-refractivity contribution in [3.05, 3.63) is 16.8 Å². The van der Waals surface area contributed by atoms with E-state index in [1.165, 1.54) is 6.07 Å². The summed E-state index contributed by atoms with van der Waals surface area (Å²) in [6.07, 6.45) is 2.18. The lowest BCUT2D eigenvalue weighted by atomic mass is 9.99. The van der Waals surface area contributed by atoms with Crippen LogP contribution in [-0.4, -0.2) is 34.4 Å². The van der Waals surface area contributed by atoms with Crippen molar-refractivity contribution in [2.45, 2.75) is 19.8 Å². The molecule has 1 fully saturated rings. The van der Waals surface area contributed by atoms with E-state index in [9.17, 15) is 4.79 Å². The number of anilines is 1. The minimum Gasteiger partial charge on any atom is -0.478 e. The van der Waals surface area contributed by atoms with Crippen molar-refractivity contribution in [3.63, 3.8) is 0 Å². The molecule has 1 aliphatic heterocycles. The van der Waals surface area contributed by atoms with Crippen molar-refractivity contribution in [2.24, 2.45) is 5.92 Å². The number of hydrogen-bond donors (Lipinski definition) is 1. The van der Waals surface area contributed by atoms with Crippen LogP contribution in [0, 0.1) is 5.92 Å². The quantitative estimate of drug-likeness (QED) is 0.876. The van der Waals surface area contributed by atoms with Gasteiger partial charge in [-0.05, 0) is 18.8 Å². The van der Waals surface area contributed by atoms with Gasteiger partial charge in [-0.2, -0.15) is 0 Å². The first-order chi connectivity index (χ1) is 8.08. The van der Waals surface area contributed by atoms with Crippen LogP contribution in [0.25, 0.3) is 0 Å². The molecule has 6 heteroatoms. The summed E-state index contributed by atoms with van der Waals surface area (Å²) >= 11 is 5.68. The van der Waals surface area contributed by atoms with Crippen LogP contribution in [-0.2, 0) is 0 Å². The Labute approximate surface area is 104 Å².